The number of nitrogens with one attached hydrogen (secondary N) is 1. The van der Waals surface area contributed by atoms with E-state index in [4.69, 9.17) is 9.15 Å². The van der Waals surface area contributed by atoms with Crippen LogP contribution in [0, 0.1) is 6.92 Å². The second kappa shape index (κ2) is 6.64. The van der Waals surface area contributed by atoms with E-state index in [-0.39, 0.29) is 0 Å². The molecule has 0 unspecified atom stereocenters. The number of anilines is 1. The van der Waals surface area contributed by atoms with Crippen molar-refractivity contribution in [2.24, 2.45) is 0 Å². The van der Waals surface area contributed by atoms with Crippen LogP contribution in [0.5, 0.6) is 0 Å². The molecule has 1 aliphatic heterocycles. The van der Waals surface area contributed by atoms with E-state index in [9.17, 15) is 0 Å². The quantitative estimate of drug-likeness (QED) is 0.885. The highest BCUT2D eigenvalue weighted by molar-refractivity contribution is 5.52. The minimum absolute atomic E-state index is 0.444. The van der Waals surface area contributed by atoms with Crippen LogP contribution >= 0.6 is 0 Å². The van der Waals surface area contributed by atoms with Gasteiger partial charge < -0.3 is 14.5 Å². The van der Waals surface area contributed by atoms with Gasteiger partial charge in [0.2, 0.25) is 0 Å². The SMILES string of the molecule is Cc1cncc(-c2nnc(NCCN3CCOCC3)o2)c1. The van der Waals surface area contributed by atoms with Crippen molar-refractivity contribution in [1.29, 1.82) is 0 Å². The number of rotatable bonds is 5. The third-order valence-corrected chi connectivity index (χ3v) is 3.35. The van der Waals surface area contributed by atoms with Gasteiger partial charge in [0.05, 0.1) is 18.8 Å². The van der Waals surface area contributed by atoms with Crippen LogP contribution in [0.4, 0.5) is 6.01 Å². The van der Waals surface area contributed by atoms with Crippen molar-refractivity contribution in [3.63, 3.8) is 0 Å². The molecule has 1 aliphatic rings. The van der Waals surface area contributed by atoms with Crippen molar-refractivity contribution in [1.82, 2.24) is 20.1 Å². The summed E-state index contributed by atoms with van der Waals surface area (Å²) in [5.41, 5.74) is 1.90. The van der Waals surface area contributed by atoms with Gasteiger partial charge in [0.25, 0.3) is 5.89 Å². The summed E-state index contributed by atoms with van der Waals surface area (Å²) in [6, 6.07) is 2.41. The summed E-state index contributed by atoms with van der Waals surface area (Å²) in [4.78, 5) is 6.47. The zero-order chi connectivity index (χ0) is 14.5. The van der Waals surface area contributed by atoms with Gasteiger partial charge in [-0.25, -0.2) is 0 Å². The Morgan fingerprint density at radius 2 is 2.10 bits per heavy atom. The number of aromatic nitrogens is 3. The van der Waals surface area contributed by atoms with Gasteiger partial charge in [0.1, 0.15) is 0 Å². The normalized spacial score (nSPS) is 16.0. The lowest BCUT2D eigenvalue weighted by Crippen LogP contribution is -2.39. The standard InChI is InChI=1S/C14H19N5O2/c1-11-8-12(10-15-9-11)13-17-18-14(21-13)16-2-3-19-4-6-20-7-5-19/h8-10H,2-7H2,1H3,(H,16,18). The third-order valence-electron chi connectivity index (χ3n) is 3.35. The average Bonchev–Trinajstić information content (AvgIpc) is 2.97. The first-order valence-corrected chi connectivity index (χ1v) is 7.11. The molecule has 112 valence electrons. The van der Waals surface area contributed by atoms with Crippen molar-refractivity contribution in [2.75, 3.05) is 44.7 Å². The van der Waals surface area contributed by atoms with Gasteiger partial charge in [-0.2, -0.15) is 0 Å². The van der Waals surface area contributed by atoms with Crippen LogP contribution in [-0.2, 0) is 4.74 Å². The highest BCUT2D eigenvalue weighted by atomic mass is 16.5. The third kappa shape index (κ3) is 3.77. The molecule has 1 saturated heterocycles. The van der Waals surface area contributed by atoms with E-state index in [0.717, 1.165) is 50.5 Å². The Labute approximate surface area is 123 Å². The molecule has 21 heavy (non-hydrogen) atoms. The molecule has 3 rings (SSSR count). The maximum atomic E-state index is 5.60. The minimum Gasteiger partial charge on any atom is -0.403 e. The Kier molecular flexibility index (Phi) is 4.42. The van der Waals surface area contributed by atoms with E-state index in [0.29, 0.717) is 11.9 Å². The first-order valence-electron chi connectivity index (χ1n) is 7.11. The highest BCUT2D eigenvalue weighted by Gasteiger charge is 2.11. The van der Waals surface area contributed by atoms with Crippen molar-refractivity contribution in [3.05, 3.63) is 24.0 Å². The highest BCUT2D eigenvalue weighted by Crippen LogP contribution is 2.19. The molecule has 2 aromatic rings. The maximum Gasteiger partial charge on any atom is 0.315 e. The van der Waals surface area contributed by atoms with E-state index < -0.39 is 0 Å². The zero-order valence-electron chi connectivity index (χ0n) is 12.1. The van der Waals surface area contributed by atoms with Gasteiger partial charge in [-0.1, -0.05) is 5.10 Å². The molecule has 3 heterocycles. The number of ether oxygens (including phenoxy) is 1. The molecule has 0 bridgehead atoms. The molecule has 1 N–H and O–H groups in total. The summed E-state index contributed by atoms with van der Waals surface area (Å²) in [5, 5.41) is 11.2. The lowest BCUT2D eigenvalue weighted by atomic mass is 10.2. The summed E-state index contributed by atoms with van der Waals surface area (Å²) in [5.74, 6) is 0.486. The van der Waals surface area contributed by atoms with Gasteiger partial charge in [-0.15, -0.1) is 5.10 Å². The van der Waals surface area contributed by atoms with E-state index in [1.807, 2.05) is 13.0 Å². The average molecular weight is 289 g/mol. The van der Waals surface area contributed by atoms with E-state index >= 15 is 0 Å². The van der Waals surface area contributed by atoms with E-state index in [1.165, 1.54) is 0 Å². The van der Waals surface area contributed by atoms with Gasteiger partial charge in [0.15, 0.2) is 0 Å². The van der Waals surface area contributed by atoms with E-state index in [2.05, 4.69) is 25.4 Å². The Balaban J connectivity index is 1.53. The summed E-state index contributed by atoms with van der Waals surface area (Å²) in [6.07, 6.45) is 3.51. The monoisotopic (exact) mass is 289 g/mol. The molecule has 1 fully saturated rings. The van der Waals surface area contributed by atoms with Crippen LogP contribution in [0.15, 0.2) is 22.9 Å². The lowest BCUT2D eigenvalue weighted by molar-refractivity contribution is 0.0398. The number of hydrogen-bond donors (Lipinski definition) is 1. The molecule has 0 aromatic carbocycles. The summed E-state index contributed by atoms with van der Waals surface area (Å²) in [6.45, 7) is 7.27. The van der Waals surface area contributed by atoms with Gasteiger partial charge in [-0.3, -0.25) is 9.88 Å². The van der Waals surface area contributed by atoms with Crippen molar-refractivity contribution < 1.29 is 9.15 Å². The first-order chi connectivity index (χ1) is 10.3. The van der Waals surface area contributed by atoms with Crippen LogP contribution in [-0.4, -0.2) is 59.5 Å². The van der Waals surface area contributed by atoms with Crippen molar-refractivity contribution >= 4 is 6.01 Å². The van der Waals surface area contributed by atoms with E-state index in [1.54, 1.807) is 12.4 Å². The van der Waals surface area contributed by atoms with Gasteiger partial charge >= 0.3 is 6.01 Å². The molecule has 0 atom stereocenters. The molecule has 2 aromatic heterocycles. The zero-order valence-corrected chi connectivity index (χ0v) is 12.1. The Morgan fingerprint density at radius 3 is 2.90 bits per heavy atom. The minimum atomic E-state index is 0.444. The Hall–Kier alpha value is -1.99. The fraction of sp³-hybridized carbons (Fsp3) is 0.500. The second-order valence-electron chi connectivity index (χ2n) is 5.04. The molecule has 0 spiro atoms. The van der Waals surface area contributed by atoms with Gasteiger partial charge in [0, 0.05) is 38.6 Å². The van der Waals surface area contributed by atoms with Crippen LogP contribution < -0.4 is 5.32 Å². The second-order valence-corrected chi connectivity index (χ2v) is 5.04. The fourth-order valence-electron chi connectivity index (χ4n) is 2.23. The van der Waals surface area contributed by atoms with Gasteiger partial charge in [-0.05, 0) is 18.6 Å². The van der Waals surface area contributed by atoms with Crippen LogP contribution in [0.3, 0.4) is 0 Å². The number of morpholine rings is 1. The molecule has 7 heteroatoms. The molecular formula is C14H19N5O2. The predicted octanol–water partition coefficient (Wildman–Crippen LogP) is 1.18. The first kappa shape index (κ1) is 14.0. The lowest BCUT2D eigenvalue weighted by Gasteiger charge is -2.26. The molecular weight excluding hydrogens is 270 g/mol. The Bertz CT molecular complexity index is 580. The summed E-state index contributed by atoms with van der Waals surface area (Å²) in [7, 11) is 0. The number of aryl methyl sites for hydroxylation is 1. The largest absolute Gasteiger partial charge is 0.403 e. The summed E-state index contributed by atoms with van der Waals surface area (Å²) >= 11 is 0. The maximum absolute atomic E-state index is 5.60. The molecule has 0 amide bonds. The molecule has 0 saturated carbocycles. The summed E-state index contributed by atoms with van der Waals surface area (Å²) < 4.78 is 10.9. The topological polar surface area (TPSA) is 76.3 Å². The predicted molar refractivity (Wildman–Crippen MR) is 78.0 cm³/mol. The smallest absolute Gasteiger partial charge is 0.315 e. The van der Waals surface area contributed by atoms with Crippen LogP contribution in [0.2, 0.25) is 0 Å². The number of pyridine rings is 1. The van der Waals surface area contributed by atoms with Crippen molar-refractivity contribution in [3.8, 4) is 11.5 Å². The van der Waals surface area contributed by atoms with Crippen LogP contribution in [0.1, 0.15) is 5.56 Å². The molecule has 7 nitrogen and oxygen atoms in total. The Morgan fingerprint density at radius 1 is 1.24 bits per heavy atom. The molecule has 0 radical (unpaired) electrons. The van der Waals surface area contributed by atoms with Crippen molar-refractivity contribution in [2.45, 2.75) is 6.92 Å². The fourth-order valence-corrected chi connectivity index (χ4v) is 2.23. The number of nitrogens with zero attached hydrogens (tertiary/aromatic N) is 4. The number of hydrogen-bond acceptors (Lipinski definition) is 7. The van der Waals surface area contributed by atoms with Crippen LogP contribution in [0.25, 0.3) is 11.5 Å². The molecule has 0 aliphatic carbocycles.